The molecular weight excluding hydrogens is 331 g/mol. The summed E-state index contributed by atoms with van der Waals surface area (Å²) in [5.74, 6) is -2.32. The average Bonchev–Trinajstić information content (AvgIpc) is 3.05. The maximum atomic E-state index is 13.1. The molecule has 8 heteroatoms. The van der Waals surface area contributed by atoms with Crippen molar-refractivity contribution < 1.29 is 27.9 Å². The van der Waals surface area contributed by atoms with Crippen LogP contribution in [0.15, 0.2) is 12.1 Å². The Morgan fingerprint density at radius 2 is 2.09 bits per heavy atom. The molecule has 1 aliphatic rings. The van der Waals surface area contributed by atoms with Crippen LogP contribution in [0.25, 0.3) is 0 Å². The van der Waals surface area contributed by atoms with Crippen LogP contribution in [0.5, 0.6) is 0 Å². The number of carboxylic acid groups (broad SMARTS) is 1. The van der Waals surface area contributed by atoms with Gasteiger partial charge in [0.2, 0.25) is 5.91 Å². The minimum Gasteiger partial charge on any atom is -0.481 e. The number of likely N-dealkylation sites (tertiary alicyclic amines) is 1. The highest BCUT2D eigenvalue weighted by Gasteiger charge is 2.64. The van der Waals surface area contributed by atoms with Gasteiger partial charge in [0.05, 0.1) is 0 Å². The molecule has 0 aliphatic carbocycles. The number of nitrogens with zero attached hydrogens (tertiary/aromatic N) is 1. The van der Waals surface area contributed by atoms with Crippen LogP contribution in [0.1, 0.15) is 29.0 Å². The van der Waals surface area contributed by atoms with Crippen molar-refractivity contribution in [3.05, 3.63) is 21.9 Å². The summed E-state index contributed by atoms with van der Waals surface area (Å²) in [5, 5.41) is 8.97. The lowest BCUT2D eigenvalue weighted by Crippen LogP contribution is -2.47. The Kier molecular flexibility index (Phi) is 5.03. The third kappa shape index (κ3) is 3.68. The number of aliphatic carboxylic acids is 1. The second-order valence-electron chi connectivity index (χ2n) is 5.82. The van der Waals surface area contributed by atoms with Gasteiger partial charge >= 0.3 is 12.1 Å². The molecule has 0 bridgehead atoms. The summed E-state index contributed by atoms with van der Waals surface area (Å²) >= 11 is 1.63. The van der Waals surface area contributed by atoms with Gasteiger partial charge in [-0.3, -0.25) is 9.59 Å². The Morgan fingerprint density at radius 1 is 1.39 bits per heavy atom. The van der Waals surface area contributed by atoms with Crippen molar-refractivity contribution in [1.82, 2.24) is 4.90 Å². The Morgan fingerprint density at radius 3 is 2.57 bits per heavy atom. The minimum absolute atomic E-state index is 0.129. The smallest absolute Gasteiger partial charge is 0.406 e. The summed E-state index contributed by atoms with van der Waals surface area (Å²) in [4.78, 5) is 26.5. The molecule has 0 aromatic carbocycles. The van der Waals surface area contributed by atoms with Gasteiger partial charge in [0.1, 0.15) is 0 Å². The normalized spacial score (nSPS) is 21.7. The zero-order chi connectivity index (χ0) is 17.3. The Balaban J connectivity index is 1.90. The molecule has 128 valence electrons. The van der Waals surface area contributed by atoms with Crippen molar-refractivity contribution in [2.24, 2.45) is 5.41 Å². The lowest BCUT2D eigenvalue weighted by molar-refractivity contribution is -0.227. The molecular formula is C15H18F3NO3S. The van der Waals surface area contributed by atoms with E-state index in [9.17, 15) is 22.8 Å². The lowest BCUT2D eigenvalue weighted by Gasteiger charge is -2.27. The maximum absolute atomic E-state index is 13.1. The number of carboxylic acids is 1. The minimum atomic E-state index is -4.86. The topological polar surface area (TPSA) is 57.6 Å². The summed E-state index contributed by atoms with van der Waals surface area (Å²) in [5.41, 5.74) is -2.83. The van der Waals surface area contributed by atoms with E-state index in [-0.39, 0.29) is 13.0 Å². The van der Waals surface area contributed by atoms with E-state index in [1.54, 1.807) is 11.3 Å². The first-order valence-electron chi connectivity index (χ1n) is 7.29. The largest absolute Gasteiger partial charge is 0.481 e. The first kappa shape index (κ1) is 17.8. The van der Waals surface area contributed by atoms with Crippen molar-refractivity contribution in [3.63, 3.8) is 0 Å². The van der Waals surface area contributed by atoms with Crippen LogP contribution in [0.2, 0.25) is 0 Å². The molecule has 2 rings (SSSR count). The van der Waals surface area contributed by atoms with Gasteiger partial charge in [0.25, 0.3) is 0 Å². The summed E-state index contributed by atoms with van der Waals surface area (Å²) in [6.45, 7) is 1.03. The molecule has 0 saturated carbocycles. The molecule has 1 aliphatic heterocycles. The highest BCUT2D eigenvalue weighted by molar-refractivity contribution is 7.11. The Labute approximate surface area is 135 Å². The SMILES string of the molecule is Cc1ccc(CCCC(=O)N2CCC(C(=O)O)(C(F)(F)F)C2)s1. The molecule has 1 fully saturated rings. The van der Waals surface area contributed by atoms with Gasteiger partial charge in [0.15, 0.2) is 5.41 Å². The molecule has 2 heterocycles. The fourth-order valence-corrected chi connectivity index (χ4v) is 3.67. The van der Waals surface area contributed by atoms with E-state index in [0.29, 0.717) is 12.8 Å². The number of carbonyl (C=O) groups excluding carboxylic acids is 1. The summed E-state index contributed by atoms with van der Waals surface area (Å²) in [6, 6.07) is 3.95. The quantitative estimate of drug-likeness (QED) is 0.888. The third-order valence-corrected chi connectivity index (χ3v) is 5.24. The number of thiophene rings is 1. The van der Waals surface area contributed by atoms with Crippen LogP contribution in [0.3, 0.4) is 0 Å². The van der Waals surface area contributed by atoms with E-state index in [1.165, 1.54) is 4.88 Å². The molecule has 0 radical (unpaired) electrons. The number of halogens is 3. The van der Waals surface area contributed by atoms with Gasteiger partial charge in [-0.05, 0) is 38.3 Å². The Bertz CT molecular complexity index is 599. The maximum Gasteiger partial charge on any atom is 0.406 e. The molecule has 0 spiro atoms. The number of amides is 1. The van der Waals surface area contributed by atoms with Gasteiger partial charge in [-0.25, -0.2) is 0 Å². The molecule has 1 aromatic rings. The predicted molar refractivity (Wildman–Crippen MR) is 79.3 cm³/mol. The van der Waals surface area contributed by atoms with E-state index in [4.69, 9.17) is 5.11 Å². The molecule has 4 nitrogen and oxygen atoms in total. The lowest BCUT2D eigenvalue weighted by atomic mass is 9.86. The van der Waals surface area contributed by atoms with Crippen molar-refractivity contribution in [1.29, 1.82) is 0 Å². The van der Waals surface area contributed by atoms with Crippen molar-refractivity contribution >= 4 is 23.2 Å². The molecule has 1 aromatic heterocycles. The zero-order valence-corrected chi connectivity index (χ0v) is 13.5. The molecule has 1 atom stereocenters. The molecule has 23 heavy (non-hydrogen) atoms. The first-order chi connectivity index (χ1) is 10.7. The van der Waals surface area contributed by atoms with Gasteiger partial charge in [-0.15, -0.1) is 11.3 Å². The van der Waals surface area contributed by atoms with Crippen LogP contribution in [0, 0.1) is 12.3 Å². The fraction of sp³-hybridized carbons (Fsp3) is 0.600. The van der Waals surface area contributed by atoms with E-state index >= 15 is 0 Å². The summed E-state index contributed by atoms with van der Waals surface area (Å²) in [6.07, 6.45) is -4.07. The molecule has 1 N–H and O–H groups in total. The zero-order valence-electron chi connectivity index (χ0n) is 12.7. The highest BCUT2D eigenvalue weighted by atomic mass is 32.1. The van der Waals surface area contributed by atoms with E-state index in [1.807, 2.05) is 19.1 Å². The third-order valence-electron chi connectivity index (χ3n) is 4.18. The molecule has 1 unspecified atom stereocenters. The fourth-order valence-electron chi connectivity index (χ4n) is 2.74. The number of carbonyl (C=O) groups is 2. The second kappa shape index (κ2) is 6.51. The number of rotatable bonds is 5. The first-order valence-corrected chi connectivity index (χ1v) is 8.10. The van der Waals surface area contributed by atoms with Gasteiger partial charge in [-0.2, -0.15) is 13.2 Å². The second-order valence-corrected chi connectivity index (χ2v) is 7.19. The number of hydrogen-bond acceptors (Lipinski definition) is 3. The van der Waals surface area contributed by atoms with Gasteiger partial charge in [0, 0.05) is 29.3 Å². The van der Waals surface area contributed by atoms with Crippen LogP contribution < -0.4 is 0 Å². The van der Waals surface area contributed by atoms with Gasteiger partial charge in [-0.1, -0.05) is 0 Å². The predicted octanol–water partition coefficient (Wildman–Crippen LogP) is 3.24. The van der Waals surface area contributed by atoms with Gasteiger partial charge < -0.3 is 10.0 Å². The van der Waals surface area contributed by atoms with Crippen LogP contribution >= 0.6 is 11.3 Å². The van der Waals surface area contributed by atoms with E-state index < -0.39 is 36.4 Å². The van der Waals surface area contributed by atoms with Crippen LogP contribution in [-0.2, 0) is 16.0 Å². The highest BCUT2D eigenvalue weighted by Crippen LogP contribution is 2.45. The summed E-state index contributed by atoms with van der Waals surface area (Å²) in [7, 11) is 0. The number of aryl methyl sites for hydroxylation is 2. The molecule has 1 amide bonds. The number of alkyl halides is 3. The average molecular weight is 349 g/mol. The number of hydrogen-bond donors (Lipinski definition) is 1. The Hall–Kier alpha value is -1.57. The standard InChI is InChI=1S/C15H18F3NO3S/c1-10-5-6-11(23-10)3-2-4-12(20)19-8-7-14(9-19,13(21)22)15(16,17)18/h5-6H,2-4,7-9H2,1H3,(H,21,22). The van der Waals surface area contributed by atoms with Crippen molar-refractivity contribution in [2.45, 2.75) is 38.8 Å². The van der Waals surface area contributed by atoms with Crippen molar-refractivity contribution in [3.8, 4) is 0 Å². The monoisotopic (exact) mass is 349 g/mol. The van der Waals surface area contributed by atoms with E-state index in [2.05, 4.69) is 0 Å². The molecule has 1 saturated heterocycles. The van der Waals surface area contributed by atoms with E-state index in [0.717, 1.165) is 9.78 Å². The van der Waals surface area contributed by atoms with Crippen molar-refractivity contribution in [2.75, 3.05) is 13.1 Å². The summed E-state index contributed by atoms with van der Waals surface area (Å²) < 4.78 is 39.2. The van der Waals surface area contributed by atoms with Crippen LogP contribution in [-0.4, -0.2) is 41.1 Å². The van der Waals surface area contributed by atoms with Crippen LogP contribution in [0.4, 0.5) is 13.2 Å².